The summed E-state index contributed by atoms with van der Waals surface area (Å²) in [5.41, 5.74) is 2.47. The minimum atomic E-state index is -1.08. The molecule has 0 bridgehead atoms. The van der Waals surface area contributed by atoms with E-state index in [0.717, 1.165) is 49.4 Å². The second kappa shape index (κ2) is 9.98. The topological polar surface area (TPSA) is 62.3 Å². The Hall–Kier alpha value is -2.55. The number of unbranched alkanes of at least 4 members (excludes halogenated alkanes) is 2. The molecule has 1 atom stereocenters. The number of thioether (sulfide) groups is 1. The van der Waals surface area contributed by atoms with Crippen LogP contribution >= 0.6 is 11.8 Å². The Labute approximate surface area is 205 Å². The number of hydrogen-bond acceptors (Lipinski definition) is 6. The minimum Gasteiger partial charge on any atom is -0.494 e. The van der Waals surface area contributed by atoms with Gasteiger partial charge >= 0.3 is 0 Å². The number of ether oxygens (including phenoxy) is 2. The highest BCUT2D eigenvalue weighted by molar-refractivity contribution is 8.02. The minimum absolute atomic E-state index is 0.0574. The van der Waals surface area contributed by atoms with Crippen LogP contribution in [0.15, 0.2) is 48.5 Å². The summed E-state index contributed by atoms with van der Waals surface area (Å²) in [5.74, 6) is 0.926. The summed E-state index contributed by atoms with van der Waals surface area (Å²) in [6.45, 7) is 6.25. The van der Waals surface area contributed by atoms with Gasteiger partial charge in [-0.3, -0.25) is 24.3 Å². The number of fused-ring (bicyclic) bond motifs is 2. The van der Waals surface area contributed by atoms with Crippen molar-refractivity contribution in [3.63, 3.8) is 0 Å². The Bertz CT molecular complexity index is 1040. The number of hydrogen-bond donors (Lipinski definition) is 0. The third-order valence-corrected chi connectivity index (χ3v) is 8.01. The molecule has 2 aromatic rings. The van der Waals surface area contributed by atoms with Gasteiger partial charge in [-0.1, -0.05) is 38.0 Å². The van der Waals surface area contributed by atoms with Crippen LogP contribution in [0, 0.1) is 0 Å². The molecule has 5 rings (SSSR count). The third kappa shape index (κ3) is 4.08. The summed E-state index contributed by atoms with van der Waals surface area (Å²) in [7, 11) is 0. The monoisotopic (exact) mass is 481 g/mol. The molecule has 2 aromatic carbocycles. The summed E-state index contributed by atoms with van der Waals surface area (Å²) in [6, 6.07) is 15.4. The second-order valence-electron chi connectivity index (χ2n) is 8.83. The summed E-state index contributed by atoms with van der Waals surface area (Å²) < 4.78 is 11.3. The highest BCUT2D eigenvalue weighted by atomic mass is 32.2. The maximum absolute atomic E-state index is 14.1. The first kappa shape index (κ1) is 23.2. The SMILES string of the molecule is CCCCCOc1ccc(N2C(=O)CS[C@@]23C(=O)N(CN2CCOCC2)c2ccccc23)cc1. The van der Waals surface area contributed by atoms with Gasteiger partial charge in [-0.2, -0.15) is 0 Å². The van der Waals surface area contributed by atoms with Crippen LogP contribution in [0.3, 0.4) is 0 Å². The van der Waals surface area contributed by atoms with Crippen molar-refractivity contribution in [1.29, 1.82) is 0 Å². The number of nitrogens with zero attached hydrogens (tertiary/aromatic N) is 3. The lowest BCUT2D eigenvalue weighted by molar-refractivity contribution is -0.124. The lowest BCUT2D eigenvalue weighted by Crippen LogP contribution is -2.52. The predicted molar refractivity (Wildman–Crippen MR) is 134 cm³/mol. The van der Waals surface area contributed by atoms with E-state index < -0.39 is 4.87 Å². The van der Waals surface area contributed by atoms with Gasteiger partial charge in [0.05, 0.1) is 37.9 Å². The summed E-state index contributed by atoms with van der Waals surface area (Å²) in [5, 5.41) is 0. The Morgan fingerprint density at radius 1 is 1.03 bits per heavy atom. The van der Waals surface area contributed by atoms with Crippen LogP contribution in [0.4, 0.5) is 11.4 Å². The van der Waals surface area contributed by atoms with Gasteiger partial charge in [-0.05, 0) is 36.8 Å². The van der Waals surface area contributed by atoms with Crippen LogP contribution in [-0.2, 0) is 19.2 Å². The van der Waals surface area contributed by atoms with Crippen molar-refractivity contribution < 1.29 is 19.1 Å². The molecule has 0 radical (unpaired) electrons. The van der Waals surface area contributed by atoms with Crippen molar-refractivity contribution in [3.8, 4) is 5.75 Å². The van der Waals surface area contributed by atoms with Crippen molar-refractivity contribution in [2.24, 2.45) is 0 Å². The van der Waals surface area contributed by atoms with Gasteiger partial charge in [0, 0.05) is 24.3 Å². The van der Waals surface area contributed by atoms with E-state index in [1.54, 1.807) is 4.90 Å². The van der Waals surface area contributed by atoms with E-state index in [0.29, 0.717) is 32.2 Å². The van der Waals surface area contributed by atoms with Gasteiger partial charge in [0.25, 0.3) is 5.91 Å². The highest BCUT2D eigenvalue weighted by Gasteiger charge is 2.61. The quantitative estimate of drug-likeness (QED) is 0.534. The van der Waals surface area contributed by atoms with Crippen LogP contribution in [0.2, 0.25) is 0 Å². The Balaban J connectivity index is 1.44. The first-order valence-electron chi connectivity index (χ1n) is 12.1. The molecule has 3 aliphatic rings. The molecule has 3 aliphatic heterocycles. The lowest BCUT2D eigenvalue weighted by atomic mass is 10.0. The van der Waals surface area contributed by atoms with Gasteiger partial charge in [0.15, 0.2) is 0 Å². The summed E-state index contributed by atoms with van der Waals surface area (Å²) in [4.78, 5) is 32.0. The largest absolute Gasteiger partial charge is 0.494 e. The number of anilines is 2. The zero-order valence-corrected chi connectivity index (χ0v) is 20.4. The van der Waals surface area contributed by atoms with Crippen molar-refractivity contribution in [2.45, 2.75) is 31.1 Å². The smallest absolute Gasteiger partial charge is 0.269 e. The summed E-state index contributed by atoms with van der Waals surface area (Å²) in [6.07, 6.45) is 3.31. The van der Waals surface area contributed by atoms with Crippen LogP contribution in [0.5, 0.6) is 5.75 Å². The number of carbonyl (C=O) groups is 2. The lowest BCUT2D eigenvalue weighted by Gasteiger charge is -2.35. The second-order valence-corrected chi connectivity index (χ2v) is 10.0. The molecule has 3 heterocycles. The molecule has 8 heteroatoms. The molecule has 0 aromatic heterocycles. The predicted octanol–water partition coefficient (Wildman–Crippen LogP) is 3.82. The molecule has 34 heavy (non-hydrogen) atoms. The number of rotatable bonds is 8. The highest BCUT2D eigenvalue weighted by Crippen LogP contribution is 2.55. The number of amides is 2. The summed E-state index contributed by atoms with van der Waals surface area (Å²) >= 11 is 1.41. The van der Waals surface area contributed by atoms with Gasteiger partial charge in [-0.25, -0.2) is 0 Å². The standard InChI is InChI=1S/C26H31N3O4S/c1-2-3-6-15-33-21-11-9-20(10-12-21)29-24(30)18-34-26(29)22-7-4-5-8-23(22)28(25(26)31)19-27-13-16-32-17-14-27/h4-5,7-12H,2-3,6,13-19H2,1H3/t26-/m0/s1. The average molecular weight is 482 g/mol. The van der Waals surface area contributed by atoms with Crippen LogP contribution in [0.1, 0.15) is 31.7 Å². The normalized spacial score (nSPS) is 22.6. The fourth-order valence-electron chi connectivity index (χ4n) is 4.87. The molecule has 1 spiro atoms. The van der Waals surface area contributed by atoms with E-state index in [2.05, 4.69) is 11.8 Å². The van der Waals surface area contributed by atoms with Gasteiger partial charge < -0.3 is 9.47 Å². The zero-order valence-electron chi connectivity index (χ0n) is 19.6. The molecule has 2 fully saturated rings. The number of carbonyl (C=O) groups excluding carboxylic acids is 2. The van der Waals surface area contributed by atoms with E-state index >= 15 is 0 Å². The van der Waals surface area contributed by atoms with E-state index in [9.17, 15) is 9.59 Å². The number of para-hydroxylation sites is 1. The Kier molecular flexibility index (Phi) is 6.81. The fourth-order valence-corrected chi connectivity index (χ4v) is 6.23. The van der Waals surface area contributed by atoms with E-state index in [1.165, 1.54) is 11.8 Å². The van der Waals surface area contributed by atoms with Gasteiger partial charge in [0.1, 0.15) is 5.75 Å². The van der Waals surface area contributed by atoms with E-state index in [1.807, 2.05) is 53.4 Å². The van der Waals surface area contributed by atoms with Crippen LogP contribution in [0.25, 0.3) is 0 Å². The van der Waals surface area contributed by atoms with Crippen molar-refractivity contribution in [2.75, 3.05) is 55.1 Å². The molecule has 180 valence electrons. The average Bonchev–Trinajstić information content (AvgIpc) is 3.34. The Morgan fingerprint density at radius 2 is 1.79 bits per heavy atom. The fraction of sp³-hybridized carbons (Fsp3) is 0.462. The molecule has 0 unspecified atom stereocenters. The maximum Gasteiger partial charge on any atom is 0.269 e. The van der Waals surface area contributed by atoms with Crippen LogP contribution in [-0.4, -0.2) is 62.0 Å². The van der Waals surface area contributed by atoms with Gasteiger partial charge in [-0.15, -0.1) is 11.8 Å². The maximum atomic E-state index is 14.1. The molecule has 0 saturated carbocycles. The number of benzene rings is 2. The third-order valence-electron chi connectivity index (χ3n) is 6.62. The van der Waals surface area contributed by atoms with Crippen molar-refractivity contribution in [3.05, 3.63) is 54.1 Å². The van der Waals surface area contributed by atoms with Crippen molar-refractivity contribution in [1.82, 2.24) is 4.90 Å². The Morgan fingerprint density at radius 3 is 2.56 bits per heavy atom. The zero-order chi connectivity index (χ0) is 23.5. The number of morpholine rings is 1. The first-order chi connectivity index (χ1) is 16.6. The molecular formula is C26H31N3O4S. The molecule has 2 amide bonds. The molecule has 0 aliphatic carbocycles. The van der Waals surface area contributed by atoms with Crippen LogP contribution < -0.4 is 14.5 Å². The van der Waals surface area contributed by atoms with Crippen molar-refractivity contribution >= 4 is 35.0 Å². The van der Waals surface area contributed by atoms with E-state index in [-0.39, 0.29) is 17.6 Å². The van der Waals surface area contributed by atoms with Gasteiger partial charge in [0.2, 0.25) is 10.8 Å². The molecule has 0 N–H and O–H groups in total. The molecule has 2 saturated heterocycles. The molecular weight excluding hydrogens is 450 g/mol. The molecule has 7 nitrogen and oxygen atoms in total. The van der Waals surface area contributed by atoms with E-state index in [4.69, 9.17) is 9.47 Å². The first-order valence-corrected chi connectivity index (χ1v) is 13.0.